The van der Waals surface area contributed by atoms with Gasteiger partial charge in [-0.15, -0.1) is 0 Å². The molecule has 0 bridgehead atoms. The fourth-order valence-electron chi connectivity index (χ4n) is 2.51. The van der Waals surface area contributed by atoms with Gasteiger partial charge in [0.2, 0.25) is 0 Å². The summed E-state index contributed by atoms with van der Waals surface area (Å²) in [6.07, 6.45) is 4.51. The van der Waals surface area contributed by atoms with Gasteiger partial charge in [-0.05, 0) is 30.2 Å². The molecular weight excluding hydrogens is 290 g/mol. The highest BCUT2D eigenvalue weighted by Gasteiger charge is 2.15. The monoisotopic (exact) mass is 307 g/mol. The summed E-state index contributed by atoms with van der Waals surface area (Å²) < 4.78 is 0. The second kappa shape index (κ2) is 6.04. The number of hydrogen-bond donors (Lipinski definition) is 2. The lowest BCUT2D eigenvalue weighted by Crippen LogP contribution is -2.14. The number of carboxylic acids is 1. The third kappa shape index (κ3) is 3.13. The Bertz CT molecular complexity index is 821. The predicted molar refractivity (Wildman–Crippen MR) is 90.6 cm³/mol. The maximum absolute atomic E-state index is 11.2. The van der Waals surface area contributed by atoms with Crippen molar-refractivity contribution in [3.63, 3.8) is 0 Å². The zero-order chi connectivity index (χ0) is 16.4. The van der Waals surface area contributed by atoms with Crippen molar-refractivity contribution in [1.82, 2.24) is 4.98 Å². The van der Waals surface area contributed by atoms with Crippen LogP contribution in [0.2, 0.25) is 0 Å². The minimum Gasteiger partial charge on any atom is -0.478 e. The molecule has 1 aromatic carbocycles. The van der Waals surface area contributed by atoms with Gasteiger partial charge in [-0.3, -0.25) is 4.98 Å². The number of nitrogens with zero attached hydrogens (tertiary/aromatic N) is 2. The van der Waals surface area contributed by atoms with Gasteiger partial charge >= 0.3 is 5.97 Å². The first-order valence-electron chi connectivity index (χ1n) is 7.43. The average molecular weight is 307 g/mol. The van der Waals surface area contributed by atoms with E-state index in [0.29, 0.717) is 11.5 Å². The van der Waals surface area contributed by atoms with Crippen LogP contribution in [-0.2, 0) is 11.2 Å². The number of nitrogens with two attached hydrogens (primary N) is 1. The van der Waals surface area contributed by atoms with Crippen LogP contribution in [0.1, 0.15) is 24.6 Å². The first kappa shape index (κ1) is 15.0. The largest absolute Gasteiger partial charge is 0.478 e. The Morgan fingerprint density at radius 3 is 2.70 bits per heavy atom. The number of amidine groups is 1. The molecule has 0 radical (unpaired) electrons. The molecule has 1 aliphatic heterocycles. The molecule has 0 spiro atoms. The fraction of sp³-hybridized carbons (Fsp3) is 0.167. The summed E-state index contributed by atoms with van der Waals surface area (Å²) >= 11 is 0. The van der Waals surface area contributed by atoms with Gasteiger partial charge in [0.25, 0.3) is 0 Å². The lowest BCUT2D eigenvalue weighted by molar-refractivity contribution is -0.132. The van der Waals surface area contributed by atoms with Gasteiger partial charge in [0.15, 0.2) is 0 Å². The number of aryl methyl sites for hydroxylation is 1. The Hall–Kier alpha value is -2.95. The normalized spacial score (nSPS) is 13.6. The lowest BCUT2D eigenvalue weighted by Gasteiger charge is -2.06. The summed E-state index contributed by atoms with van der Waals surface area (Å²) in [5, 5.41) is 9.20. The summed E-state index contributed by atoms with van der Waals surface area (Å²) in [6, 6.07) is 9.74. The van der Waals surface area contributed by atoms with E-state index >= 15 is 0 Å². The van der Waals surface area contributed by atoms with Gasteiger partial charge in [-0.1, -0.05) is 25.1 Å². The van der Waals surface area contributed by atoms with Crippen molar-refractivity contribution in [3.8, 4) is 11.1 Å². The molecule has 0 saturated carbocycles. The first-order valence-corrected chi connectivity index (χ1v) is 7.43. The minimum atomic E-state index is -0.973. The molecule has 0 amide bonds. The van der Waals surface area contributed by atoms with Crippen molar-refractivity contribution in [1.29, 1.82) is 0 Å². The molecular formula is C18H17N3O2. The molecule has 0 unspecified atom stereocenters. The maximum Gasteiger partial charge on any atom is 0.332 e. The number of hydrogen-bond acceptors (Lipinski definition) is 4. The number of carboxylic acid groups (broad SMARTS) is 1. The Balaban J connectivity index is 2.05. The Labute approximate surface area is 134 Å². The first-order chi connectivity index (χ1) is 11.1. The van der Waals surface area contributed by atoms with Crippen LogP contribution in [-0.4, -0.2) is 21.9 Å². The maximum atomic E-state index is 11.2. The lowest BCUT2D eigenvalue weighted by atomic mass is 10.0. The number of carbonyl (C=O) groups is 1. The molecule has 2 heterocycles. The van der Waals surface area contributed by atoms with Gasteiger partial charge in [0.1, 0.15) is 5.84 Å². The second-order valence-electron chi connectivity index (χ2n) is 5.42. The highest BCUT2D eigenvalue weighted by molar-refractivity contribution is 6.02. The molecule has 116 valence electrons. The molecule has 2 aromatic rings. The Morgan fingerprint density at radius 2 is 2.04 bits per heavy atom. The van der Waals surface area contributed by atoms with Crippen LogP contribution in [0, 0.1) is 0 Å². The zero-order valence-electron chi connectivity index (χ0n) is 12.8. The third-order valence-corrected chi connectivity index (χ3v) is 3.79. The van der Waals surface area contributed by atoms with Gasteiger partial charge in [0.05, 0.1) is 5.69 Å². The SMILES string of the molecule is CCc1ccc(-c2ccc3c(c2)N=C(N)CC(C(=O)O)=C3)cn1. The topological polar surface area (TPSA) is 88.6 Å². The van der Waals surface area contributed by atoms with Crippen molar-refractivity contribution < 1.29 is 9.90 Å². The van der Waals surface area contributed by atoms with Crippen LogP contribution in [0.15, 0.2) is 47.1 Å². The van der Waals surface area contributed by atoms with Crippen molar-refractivity contribution in [2.75, 3.05) is 0 Å². The van der Waals surface area contributed by atoms with Crippen LogP contribution in [0.4, 0.5) is 5.69 Å². The number of aliphatic carboxylic acids is 1. The van der Waals surface area contributed by atoms with Crippen LogP contribution in [0.3, 0.4) is 0 Å². The summed E-state index contributed by atoms with van der Waals surface area (Å²) in [5.41, 5.74) is 10.5. The summed E-state index contributed by atoms with van der Waals surface area (Å²) in [5.74, 6) is -0.673. The molecule has 3 rings (SSSR count). The molecule has 1 aliphatic rings. The summed E-state index contributed by atoms with van der Waals surface area (Å²) in [7, 11) is 0. The van der Waals surface area contributed by atoms with E-state index in [1.165, 1.54) is 0 Å². The summed E-state index contributed by atoms with van der Waals surface area (Å²) in [4.78, 5) is 20.0. The molecule has 5 nitrogen and oxygen atoms in total. The van der Waals surface area contributed by atoms with E-state index in [1.54, 1.807) is 6.08 Å². The zero-order valence-corrected chi connectivity index (χ0v) is 12.8. The standard InChI is InChI=1S/C18H17N3O2/c1-2-15-6-5-13(10-20-15)11-3-4-12-7-14(18(22)23)9-17(19)21-16(12)8-11/h3-8,10H,2,9H2,1H3,(H2,19,21)(H,22,23). The third-order valence-electron chi connectivity index (χ3n) is 3.79. The highest BCUT2D eigenvalue weighted by atomic mass is 16.4. The molecule has 0 aliphatic carbocycles. The Kier molecular flexibility index (Phi) is 3.93. The smallest absolute Gasteiger partial charge is 0.332 e. The molecule has 5 heteroatoms. The van der Waals surface area contributed by atoms with Crippen molar-refractivity contribution in [2.45, 2.75) is 19.8 Å². The van der Waals surface area contributed by atoms with E-state index in [9.17, 15) is 9.90 Å². The van der Waals surface area contributed by atoms with Crippen LogP contribution in [0.5, 0.6) is 0 Å². The molecule has 1 aromatic heterocycles. The number of pyridine rings is 1. The van der Waals surface area contributed by atoms with Gasteiger partial charge in [0, 0.05) is 35.0 Å². The minimum absolute atomic E-state index is 0.145. The van der Waals surface area contributed by atoms with E-state index in [-0.39, 0.29) is 12.0 Å². The van der Waals surface area contributed by atoms with Crippen LogP contribution >= 0.6 is 0 Å². The fourth-order valence-corrected chi connectivity index (χ4v) is 2.51. The predicted octanol–water partition coefficient (Wildman–Crippen LogP) is 3.17. The molecule has 3 N–H and O–H groups in total. The number of fused-ring (bicyclic) bond motifs is 1. The average Bonchev–Trinajstić information content (AvgIpc) is 2.72. The number of aromatic nitrogens is 1. The Morgan fingerprint density at radius 1 is 1.26 bits per heavy atom. The van der Waals surface area contributed by atoms with E-state index in [1.807, 2.05) is 36.5 Å². The summed E-state index contributed by atoms with van der Waals surface area (Å²) in [6.45, 7) is 2.06. The van der Waals surface area contributed by atoms with Crippen molar-refractivity contribution in [2.24, 2.45) is 10.7 Å². The number of benzene rings is 1. The molecule has 23 heavy (non-hydrogen) atoms. The van der Waals surface area contributed by atoms with Crippen LogP contribution < -0.4 is 5.73 Å². The number of rotatable bonds is 3. The van der Waals surface area contributed by atoms with Gasteiger partial charge in [-0.25, -0.2) is 9.79 Å². The second-order valence-corrected chi connectivity index (χ2v) is 5.42. The quantitative estimate of drug-likeness (QED) is 0.911. The molecule has 0 saturated heterocycles. The molecule has 0 fully saturated rings. The van der Waals surface area contributed by atoms with Gasteiger partial charge in [-0.2, -0.15) is 0 Å². The van der Waals surface area contributed by atoms with Crippen molar-refractivity contribution >= 4 is 23.6 Å². The van der Waals surface area contributed by atoms with E-state index in [4.69, 9.17) is 5.73 Å². The van der Waals surface area contributed by atoms with E-state index < -0.39 is 5.97 Å². The highest BCUT2D eigenvalue weighted by Crippen LogP contribution is 2.31. The van der Waals surface area contributed by atoms with Crippen molar-refractivity contribution in [3.05, 3.63) is 53.4 Å². The van der Waals surface area contributed by atoms with E-state index in [0.717, 1.165) is 28.8 Å². The number of aliphatic imine (C=N–C) groups is 1. The van der Waals surface area contributed by atoms with E-state index in [2.05, 4.69) is 16.9 Å². The van der Waals surface area contributed by atoms with Crippen LogP contribution in [0.25, 0.3) is 17.2 Å². The molecule has 0 atom stereocenters. The van der Waals surface area contributed by atoms with Gasteiger partial charge < -0.3 is 10.8 Å².